The van der Waals surface area contributed by atoms with E-state index in [0.717, 1.165) is 12.1 Å². The molecule has 0 aliphatic heterocycles. The molecule has 0 aliphatic carbocycles. The first kappa shape index (κ1) is 15.2. The number of ketones is 1. The average Bonchev–Trinajstić information content (AvgIpc) is 2.86. The molecule has 2 aromatic rings. The Kier molecular flexibility index (Phi) is 4.91. The second-order valence-electron chi connectivity index (χ2n) is 4.77. The molecule has 0 spiro atoms. The molecule has 1 unspecified atom stereocenters. The predicted molar refractivity (Wildman–Crippen MR) is 84.4 cm³/mol. The topological polar surface area (TPSA) is 34.9 Å². The predicted octanol–water partition coefficient (Wildman–Crippen LogP) is 4.02. The van der Waals surface area contributed by atoms with Crippen LogP contribution in [0.3, 0.4) is 0 Å². The van der Waals surface area contributed by atoms with Crippen LogP contribution in [0, 0.1) is 9.39 Å². The van der Waals surface area contributed by atoms with Gasteiger partial charge in [-0.3, -0.25) is 9.48 Å². The second-order valence-corrected chi connectivity index (χ2v) is 5.93. The Morgan fingerprint density at radius 2 is 2.20 bits per heavy atom. The minimum absolute atomic E-state index is 0.0381. The number of nitrogens with zero attached hydrogens (tertiary/aromatic N) is 2. The summed E-state index contributed by atoms with van der Waals surface area (Å²) in [5, 5.41) is 4.41. The Morgan fingerprint density at radius 1 is 1.45 bits per heavy atom. The van der Waals surface area contributed by atoms with Crippen molar-refractivity contribution in [1.82, 2.24) is 9.78 Å². The van der Waals surface area contributed by atoms with Crippen LogP contribution in [0.1, 0.15) is 42.4 Å². The monoisotopic (exact) mass is 386 g/mol. The Bertz CT molecular complexity index is 624. The molecule has 0 aliphatic rings. The van der Waals surface area contributed by atoms with Crippen LogP contribution in [0.2, 0.25) is 0 Å². The summed E-state index contributed by atoms with van der Waals surface area (Å²) in [7, 11) is 0. The number of aromatic nitrogens is 2. The van der Waals surface area contributed by atoms with E-state index in [1.807, 2.05) is 39.5 Å². The second kappa shape index (κ2) is 6.47. The largest absolute Gasteiger partial charge is 0.294 e. The van der Waals surface area contributed by atoms with Crippen molar-refractivity contribution in [1.29, 1.82) is 0 Å². The van der Waals surface area contributed by atoms with E-state index in [9.17, 15) is 9.18 Å². The van der Waals surface area contributed by atoms with Gasteiger partial charge in [-0.1, -0.05) is 6.92 Å². The molecule has 1 aromatic carbocycles. The molecule has 0 N–H and O–H groups in total. The molecule has 0 bridgehead atoms. The number of halogens is 2. The first-order valence-electron chi connectivity index (χ1n) is 6.53. The minimum Gasteiger partial charge on any atom is -0.294 e. The van der Waals surface area contributed by atoms with Gasteiger partial charge in [-0.05, 0) is 60.2 Å². The lowest BCUT2D eigenvalue weighted by Crippen LogP contribution is -2.09. The molecule has 1 heterocycles. The maximum atomic E-state index is 13.0. The van der Waals surface area contributed by atoms with Crippen molar-refractivity contribution in [3.05, 3.63) is 51.1 Å². The molecule has 0 saturated carbocycles. The molecule has 5 heteroatoms. The molecule has 0 fully saturated rings. The summed E-state index contributed by atoms with van der Waals surface area (Å²) >= 11 is 1.98. The first-order chi connectivity index (χ1) is 9.51. The van der Waals surface area contributed by atoms with Crippen LogP contribution in [-0.4, -0.2) is 15.6 Å². The number of Topliss-reactive ketones (excluding diaryl/α,β-unsaturated/α-hetero) is 1. The van der Waals surface area contributed by atoms with Crippen LogP contribution in [0.5, 0.6) is 0 Å². The average molecular weight is 386 g/mol. The van der Waals surface area contributed by atoms with E-state index in [4.69, 9.17) is 0 Å². The summed E-state index contributed by atoms with van der Waals surface area (Å²) in [6, 6.07) is 6.40. The van der Waals surface area contributed by atoms with Crippen molar-refractivity contribution in [2.75, 3.05) is 0 Å². The molecular formula is C15H16FIN2O. The van der Waals surface area contributed by atoms with E-state index < -0.39 is 0 Å². The van der Waals surface area contributed by atoms with Crippen LogP contribution in [0.15, 0.2) is 30.5 Å². The van der Waals surface area contributed by atoms with E-state index in [0.29, 0.717) is 15.2 Å². The molecular weight excluding hydrogens is 370 g/mol. The zero-order valence-electron chi connectivity index (χ0n) is 11.4. The van der Waals surface area contributed by atoms with E-state index in [-0.39, 0.29) is 18.0 Å². The van der Waals surface area contributed by atoms with Crippen LogP contribution in [0.25, 0.3) is 0 Å². The lowest BCUT2D eigenvalue weighted by atomic mass is 10.1. The van der Waals surface area contributed by atoms with Gasteiger partial charge < -0.3 is 0 Å². The standard InChI is InChI=1S/C15H16FIN2O/c1-3-10(2)19-7-6-12(18-19)9-15(20)13-5-4-11(16)8-14(13)17/h4-8,10H,3,9H2,1-2H3. The first-order valence-corrected chi connectivity index (χ1v) is 7.61. The lowest BCUT2D eigenvalue weighted by Gasteiger charge is -2.08. The molecule has 1 atom stereocenters. The fourth-order valence-corrected chi connectivity index (χ4v) is 2.66. The van der Waals surface area contributed by atoms with Gasteiger partial charge in [0.2, 0.25) is 0 Å². The van der Waals surface area contributed by atoms with Crippen LogP contribution in [0.4, 0.5) is 4.39 Å². The lowest BCUT2D eigenvalue weighted by molar-refractivity contribution is 0.0991. The maximum Gasteiger partial charge on any atom is 0.169 e. The van der Waals surface area contributed by atoms with E-state index in [1.165, 1.54) is 18.2 Å². The molecule has 0 amide bonds. The normalized spacial score (nSPS) is 12.4. The summed E-state index contributed by atoms with van der Waals surface area (Å²) in [5.41, 5.74) is 1.29. The molecule has 1 aromatic heterocycles. The van der Waals surface area contributed by atoms with Gasteiger partial charge in [-0.15, -0.1) is 0 Å². The molecule has 3 nitrogen and oxygen atoms in total. The number of carbonyl (C=O) groups excluding carboxylic acids is 1. The van der Waals surface area contributed by atoms with Crippen molar-refractivity contribution in [3.8, 4) is 0 Å². The van der Waals surface area contributed by atoms with Crippen molar-refractivity contribution in [2.45, 2.75) is 32.7 Å². The third-order valence-electron chi connectivity index (χ3n) is 3.28. The fraction of sp³-hybridized carbons (Fsp3) is 0.333. The Hall–Kier alpha value is -1.24. The maximum absolute atomic E-state index is 13.0. The fourth-order valence-electron chi connectivity index (χ4n) is 1.88. The zero-order valence-corrected chi connectivity index (χ0v) is 13.6. The number of benzene rings is 1. The molecule has 2 rings (SSSR count). The highest BCUT2D eigenvalue weighted by Crippen LogP contribution is 2.17. The van der Waals surface area contributed by atoms with Crippen molar-refractivity contribution >= 4 is 28.4 Å². The van der Waals surface area contributed by atoms with Gasteiger partial charge in [0.25, 0.3) is 0 Å². The summed E-state index contributed by atoms with van der Waals surface area (Å²) < 4.78 is 15.5. The van der Waals surface area contributed by atoms with Crippen LogP contribution < -0.4 is 0 Å². The smallest absolute Gasteiger partial charge is 0.169 e. The highest BCUT2D eigenvalue weighted by molar-refractivity contribution is 14.1. The number of hydrogen-bond donors (Lipinski definition) is 0. The summed E-state index contributed by atoms with van der Waals surface area (Å²) in [6.07, 6.45) is 3.13. The van der Waals surface area contributed by atoms with Gasteiger partial charge in [-0.25, -0.2) is 4.39 Å². The third kappa shape index (κ3) is 3.45. The van der Waals surface area contributed by atoms with Gasteiger partial charge in [0.1, 0.15) is 5.82 Å². The molecule has 0 radical (unpaired) electrons. The SMILES string of the molecule is CCC(C)n1ccc(CC(=O)c2ccc(F)cc2I)n1. The Labute approximate surface area is 131 Å². The Morgan fingerprint density at radius 3 is 2.85 bits per heavy atom. The van der Waals surface area contributed by atoms with Crippen LogP contribution >= 0.6 is 22.6 Å². The van der Waals surface area contributed by atoms with Crippen molar-refractivity contribution in [3.63, 3.8) is 0 Å². The molecule has 20 heavy (non-hydrogen) atoms. The number of carbonyl (C=O) groups is 1. The quantitative estimate of drug-likeness (QED) is 0.575. The van der Waals surface area contributed by atoms with Gasteiger partial charge in [0, 0.05) is 21.4 Å². The highest BCUT2D eigenvalue weighted by atomic mass is 127. The highest BCUT2D eigenvalue weighted by Gasteiger charge is 2.14. The molecule has 0 saturated heterocycles. The minimum atomic E-state index is -0.327. The van der Waals surface area contributed by atoms with Crippen molar-refractivity contribution in [2.24, 2.45) is 0 Å². The van der Waals surface area contributed by atoms with Crippen LogP contribution in [-0.2, 0) is 6.42 Å². The molecule has 106 valence electrons. The third-order valence-corrected chi connectivity index (χ3v) is 4.17. The summed E-state index contributed by atoms with van der Waals surface area (Å²) in [6.45, 7) is 4.18. The van der Waals surface area contributed by atoms with Gasteiger partial charge in [0.05, 0.1) is 12.1 Å². The Balaban J connectivity index is 2.13. The zero-order chi connectivity index (χ0) is 14.7. The summed E-state index contributed by atoms with van der Waals surface area (Å²) in [4.78, 5) is 12.2. The van der Waals surface area contributed by atoms with Gasteiger partial charge >= 0.3 is 0 Å². The van der Waals surface area contributed by atoms with Gasteiger partial charge in [0.15, 0.2) is 5.78 Å². The van der Waals surface area contributed by atoms with Gasteiger partial charge in [-0.2, -0.15) is 5.10 Å². The van der Waals surface area contributed by atoms with E-state index in [1.54, 1.807) is 0 Å². The van der Waals surface area contributed by atoms with Crippen molar-refractivity contribution < 1.29 is 9.18 Å². The van der Waals surface area contributed by atoms with E-state index >= 15 is 0 Å². The summed E-state index contributed by atoms with van der Waals surface area (Å²) in [5.74, 6) is -0.365. The van der Waals surface area contributed by atoms with E-state index in [2.05, 4.69) is 18.9 Å². The number of hydrogen-bond acceptors (Lipinski definition) is 2. The number of rotatable bonds is 5.